The minimum atomic E-state index is -1.45. The highest BCUT2D eigenvalue weighted by atomic mass is 19.1. The zero-order valence-electron chi connectivity index (χ0n) is 27.7. The van der Waals surface area contributed by atoms with Gasteiger partial charge in [0.1, 0.15) is 0 Å². The van der Waals surface area contributed by atoms with Crippen LogP contribution in [0.3, 0.4) is 0 Å². The molecule has 2 aromatic heterocycles. The van der Waals surface area contributed by atoms with Gasteiger partial charge in [-0.05, 0) is 77.8 Å². The van der Waals surface area contributed by atoms with Crippen molar-refractivity contribution in [2.75, 3.05) is 26.2 Å². The van der Waals surface area contributed by atoms with Gasteiger partial charge in [-0.3, -0.25) is 9.59 Å². The number of aryl methyl sites for hydroxylation is 1. The molecule has 2 aliphatic rings. The summed E-state index contributed by atoms with van der Waals surface area (Å²) in [7, 11) is 0. The van der Waals surface area contributed by atoms with Crippen LogP contribution >= 0.6 is 0 Å². The predicted octanol–water partition coefficient (Wildman–Crippen LogP) is 5.04. The number of benzene rings is 1. The maximum Gasteiger partial charge on any atom is 0.337 e. The van der Waals surface area contributed by atoms with Gasteiger partial charge >= 0.3 is 5.97 Å². The maximum atomic E-state index is 15.6. The first kappa shape index (κ1) is 33.3. The minimum Gasteiger partial charge on any atom is -0.490 e. The lowest BCUT2D eigenvalue weighted by molar-refractivity contribution is -0.160. The van der Waals surface area contributed by atoms with Gasteiger partial charge in [-0.25, -0.2) is 18.7 Å². The molecule has 5 rings (SSSR count). The summed E-state index contributed by atoms with van der Waals surface area (Å²) in [4.78, 5) is 45.0. The Kier molecular flexibility index (Phi) is 9.40. The molecule has 1 fully saturated rings. The number of fused-ring (bicyclic) bond motifs is 2. The van der Waals surface area contributed by atoms with E-state index in [1.165, 1.54) is 10.6 Å². The zero-order valence-corrected chi connectivity index (χ0v) is 27.7. The van der Waals surface area contributed by atoms with Gasteiger partial charge in [0.25, 0.3) is 5.91 Å². The van der Waals surface area contributed by atoms with Crippen LogP contribution in [-0.4, -0.2) is 74.2 Å². The van der Waals surface area contributed by atoms with Crippen LogP contribution in [0.4, 0.5) is 4.39 Å². The van der Waals surface area contributed by atoms with Gasteiger partial charge in [-0.2, -0.15) is 5.10 Å². The lowest BCUT2D eigenvalue weighted by Crippen LogP contribution is -2.43. The number of nitrogens with one attached hydrogen (secondary N) is 1. The van der Waals surface area contributed by atoms with E-state index in [1.807, 2.05) is 25.7 Å². The van der Waals surface area contributed by atoms with Gasteiger partial charge in [-0.15, -0.1) is 0 Å². The van der Waals surface area contributed by atoms with E-state index in [2.05, 4.69) is 15.4 Å². The Morgan fingerprint density at radius 2 is 1.87 bits per heavy atom. The third kappa shape index (κ3) is 6.72. The Labute approximate surface area is 268 Å². The molecule has 1 aromatic carbocycles. The Morgan fingerprint density at radius 1 is 1.17 bits per heavy atom. The topological polar surface area (TPSA) is 135 Å². The van der Waals surface area contributed by atoms with Crippen molar-refractivity contribution >= 4 is 23.4 Å². The number of carbonyl (C=O) groups is 3. The second kappa shape index (κ2) is 13.0. The number of carbonyl (C=O) groups excluding carboxylic acids is 2. The first-order chi connectivity index (χ1) is 21.7. The molecule has 0 bridgehead atoms. The van der Waals surface area contributed by atoms with E-state index in [0.717, 1.165) is 24.8 Å². The highest BCUT2D eigenvalue weighted by molar-refractivity contribution is 5.93. The van der Waals surface area contributed by atoms with Crippen molar-refractivity contribution in [3.05, 3.63) is 46.0 Å². The number of hydrogen-bond acceptors (Lipinski definition) is 7. The highest BCUT2D eigenvalue weighted by Crippen LogP contribution is 2.41. The highest BCUT2D eigenvalue weighted by Gasteiger charge is 2.35. The number of amides is 2. The Hall–Kier alpha value is -4.06. The summed E-state index contributed by atoms with van der Waals surface area (Å²) in [6, 6.07) is 2.89. The summed E-state index contributed by atoms with van der Waals surface area (Å²) in [5, 5.41) is 18.0. The van der Waals surface area contributed by atoms with E-state index in [9.17, 15) is 19.5 Å². The van der Waals surface area contributed by atoms with Gasteiger partial charge in [0, 0.05) is 54.0 Å². The molecule has 12 heteroatoms. The van der Waals surface area contributed by atoms with E-state index < -0.39 is 29.4 Å². The molecule has 2 amide bonds. The van der Waals surface area contributed by atoms with Crippen molar-refractivity contribution < 1.29 is 33.4 Å². The maximum absolute atomic E-state index is 15.6. The van der Waals surface area contributed by atoms with Crippen molar-refractivity contribution in [2.24, 2.45) is 11.8 Å². The Balaban J connectivity index is 1.54. The monoisotopic (exact) mass is 637 g/mol. The first-order valence-electron chi connectivity index (χ1n) is 16.0. The fraction of sp³-hybridized carbons (Fsp3) is 0.559. The molecular formula is C34H44FN5O6. The van der Waals surface area contributed by atoms with Crippen LogP contribution in [0, 0.1) is 31.5 Å². The molecule has 0 unspecified atom stereocenters. The number of aromatic nitrogens is 3. The summed E-state index contributed by atoms with van der Waals surface area (Å²) in [5.74, 6) is -1.67. The van der Waals surface area contributed by atoms with Gasteiger partial charge in [-0.1, -0.05) is 13.8 Å². The largest absolute Gasteiger partial charge is 0.490 e. The molecule has 2 aliphatic heterocycles. The number of likely N-dealkylation sites (tertiary alicyclic amines) is 1. The molecule has 248 valence electrons. The summed E-state index contributed by atoms with van der Waals surface area (Å²) < 4.78 is 28.7. The Bertz CT molecular complexity index is 1670. The third-order valence-electron chi connectivity index (χ3n) is 8.68. The minimum absolute atomic E-state index is 0.0466. The summed E-state index contributed by atoms with van der Waals surface area (Å²) in [5.41, 5.74) is 2.33. The quantitative estimate of drug-likeness (QED) is 0.351. The molecule has 46 heavy (non-hydrogen) atoms. The third-order valence-corrected chi connectivity index (χ3v) is 8.68. The van der Waals surface area contributed by atoms with Gasteiger partial charge in [0.15, 0.2) is 29.0 Å². The van der Waals surface area contributed by atoms with E-state index in [0.29, 0.717) is 60.8 Å². The number of ether oxygens (including phenoxy) is 2. The predicted molar refractivity (Wildman–Crippen MR) is 169 cm³/mol. The van der Waals surface area contributed by atoms with E-state index in [1.54, 1.807) is 33.8 Å². The molecule has 3 aromatic rings. The first-order valence-corrected chi connectivity index (χ1v) is 16.0. The van der Waals surface area contributed by atoms with Crippen molar-refractivity contribution in [2.45, 2.75) is 85.9 Å². The Morgan fingerprint density at radius 3 is 2.50 bits per heavy atom. The van der Waals surface area contributed by atoms with Crippen molar-refractivity contribution in [3.63, 3.8) is 0 Å². The normalized spacial score (nSPS) is 16.3. The van der Waals surface area contributed by atoms with Crippen LogP contribution in [0.1, 0.15) is 92.9 Å². The van der Waals surface area contributed by atoms with Gasteiger partial charge in [0.2, 0.25) is 5.91 Å². The average molecular weight is 638 g/mol. The summed E-state index contributed by atoms with van der Waals surface area (Å²) in [6.45, 7) is 14.7. The molecule has 2 N–H and O–H groups in total. The fourth-order valence-electron chi connectivity index (χ4n) is 6.36. The van der Waals surface area contributed by atoms with Crippen LogP contribution in [0.15, 0.2) is 12.1 Å². The van der Waals surface area contributed by atoms with Crippen molar-refractivity contribution in [1.29, 1.82) is 0 Å². The molecule has 11 nitrogen and oxygen atoms in total. The van der Waals surface area contributed by atoms with Crippen molar-refractivity contribution in [1.82, 2.24) is 24.8 Å². The van der Waals surface area contributed by atoms with E-state index >= 15 is 4.39 Å². The van der Waals surface area contributed by atoms with Crippen molar-refractivity contribution in [3.8, 4) is 17.0 Å². The zero-order chi connectivity index (χ0) is 33.5. The molecule has 4 heterocycles. The number of aliphatic carboxylic acids is 1. The van der Waals surface area contributed by atoms with Gasteiger partial charge in [0.05, 0.1) is 17.9 Å². The molecule has 0 saturated carbocycles. The molecule has 1 saturated heterocycles. The number of halogens is 1. The number of hydrogen-bond donors (Lipinski definition) is 2. The standard InChI is InChI=1S/C34H44FN5O6/c1-18(2)32(42)39-12-10-21(11-13-39)17-36-31(41)25-16-26-37-20(4)27(30(33(43)44)46-34(5,6)7)28(40(26)38-25)23-15-24(35)29-22(19(23)3)9-8-14-45-29/h15-16,18,21,30H,8-14,17H2,1-7H3,(H,36,41)(H,43,44)/t30-/m0/s1. The number of nitrogens with zero attached hydrogens (tertiary/aromatic N) is 4. The SMILES string of the molecule is Cc1nc2cc(C(=O)NCC3CCN(C(=O)C(C)C)CC3)nn2c(-c2cc(F)c3c(c2C)CCCO3)c1[C@H](OC(C)(C)C)C(=O)O. The fourth-order valence-corrected chi connectivity index (χ4v) is 6.36. The van der Waals surface area contributed by atoms with Crippen LogP contribution in [0.5, 0.6) is 5.75 Å². The van der Waals surface area contributed by atoms with E-state index in [-0.39, 0.29) is 34.7 Å². The molecule has 0 radical (unpaired) electrons. The molecule has 0 aliphatic carbocycles. The van der Waals surface area contributed by atoms with Gasteiger partial charge < -0.3 is 24.8 Å². The number of carboxylic acid groups (broad SMARTS) is 1. The van der Waals surface area contributed by atoms with Crippen LogP contribution in [0.25, 0.3) is 16.9 Å². The molecular weight excluding hydrogens is 593 g/mol. The lowest BCUT2D eigenvalue weighted by atomic mass is 9.91. The molecule has 1 atom stereocenters. The molecule has 0 spiro atoms. The van der Waals surface area contributed by atoms with Crippen LogP contribution in [0.2, 0.25) is 0 Å². The second-order valence-electron chi connectivity index (χ2n) is 13.6. The lowest BCUT2D eigenvalue weighted by Gasteiger charge is -2.33. The number of piperidine rings is 1. The van der Waals surface area contributed by atoms with E-state index in [4.69, 9.17) is 9.47 Å². The summed E-state index contributed by atoms with van der Waals surface area (Å²) in [6.07, 6.45) is 1.45. The average Bonchev–Trinajstić information content (AvgIpc) is 3.43. The van der Waals surface area contributed by atoms with Crippen LogP contribution in [-0.2, 0) is 20.7 Å². The smallest absolute Gasteiger partial charge is 0.337 e. The van der Waals surface area contributed by atoms with Crippen LogP contribution < -0.4 is 10.1 Å². The summed E-state index contributed by atoms with van der Waals surface area (Å²) >= 11 is 0. The number of rotatable bonds is 8. The number of carboxylic acids is 1. The second-order valence-corrected chi connectivity index (χ2v) is 13.6.